The zero-order valence-corrected chi connectivity index (χ0v) is 14.8. The van der Waals surface area contributed by atoms with Crippen molar-refractivity contribution in [2.75, 3.05) is 12.9 Å². The van der Waals surface area contributed by atoms with Crippen LogP contribution in [0.15, 0.2) is 41.4 Å². The van der Waals surface area contributed by atoms with Crippen LogP contribution in [0.2, 0.25) is 0 Å². The average Bonchev–Trinajstić information content (AvgIpc) is 2.98. The van der Waals surface area contributed by atoms with Gasteiger partial charge in [-0.05, 0) is 42.5 Å². The summed E-state index contributed by atoms with van der Waals surface area (Å²) in [5.41, 5.74) is 2.61. The fourth-order valence-electron chi connectivity index (χ4n) is 2.26. The Bertz CT molecular complexity index is 742. The van der Waals surface area contributed by atoms with Gasteiger partial charge < -0.3 is 9.72 Å². The van der Waals surface area contributed by atoms with Gasteiger partial charge in [0.2, 0.25) is 0 Å². The van der Waals surface area contributed by atoms with E-state index >= 15 is 0 Å². The largest absolute Gasteiger partial charge is 0.496 e. The molecular weight excluding hydrogens is 330 g/mol. The van der Waals surface area contributed by atoms with E-state index in [1.807, 2.05) is 23.9 Å². The number of methoxy groups -OCH3 is 1. The molecule has 4 nitrogen and oxygen atoms in total. The third kappa shape index (κ3) is 3.98. The minimum atomic E-state index is 0. The molecule has 1 aromatic carbocycles. The number of unbranched alkanes of at least 4 members (excludes halogenated alkanes) is 1. The normalized spacial score (nSPS) is 10.5. The van der Waals surface area contributed by atoms with Crippen LogP contribution in [0.25, 0.3) is 22.6 Å². The van der Waals surface area contributed by atoms with Crippen molar-refractivity contribution < 1.29 is 4.74 Å². The van der Waals surface area contributed by atoms with Gasteiger partial charge in [-0.25, -0.2) is 9.97 Å². The molecule has 0 bridgehead atoms. The van der Waals surface area contributed by atoms with Crippen LogP contribution in [0.5, 0.6) is 5.75 Å². The number of aromatic nitrogens is 3. The van der Waals surface area contributed by atoms with Crippen LogP contribution < -0.4 is 4.74 Å². The van der Waals surface area contributed by atoms with Gasteiger partial charge in [-0.2, -0.15) is 0 Å². The van der Waals surface area contributed by atoms with Crippen LogP contribution in [0, 0.1) is 0 Å². The number of hydrogen-bond acceptors (Lipinski definition) is 4. The van der Waals surface area contributed by atoms with E-state index < -0.39 is 0 Å². The van der Waals surface area contributed by atoms with Crippen molar-refractivity contribution >= 4 is 35.3 Å². The zero-order chi connectivity index (χ0) is 15.4. The lowest BCUT2D eigenvalue weighted by molar-refractivity contribution is 0.415. The Kier molecular flexibility index (Phi) is 6.30. The highest BCUT2D eigenvalue weighted by Gasteiger charge is 2.12. The number of benzene rings is 1. The number of rotatable bonds is 6. The van der Waals surface area contributed by atoms with Gasteiger partial charge in [0.25, 0.3) is 0 Å². The van der Waals surface area contributed by atoms with Gasteiger partial charge in [-0.3, -0.25) is 0 Å². The van der Waals surface area contributed by atoms with Crippen molar-refractivity contribution in [3.63, 3.8) is 0 Å². The first kappa shape index (κ1) is 17.6. The van der Waals surface area contributed by atoms with Crippen LogP contribution >= 0.6 is 24.2 Å². The molecule has 0 spiro atoms. The third-order valence-electron chi connectivity index (χ3n) is 3.45. The number of fused-ring (bicyclic) bond motifs is 1. The first-order valence-corrected chi connectivity index (χ1v) is 8.42. The molecule has 0 unspecified atom stereocenters. The minimum Gasteiger partial charge on any atom is -0.496 e. The second-order valence-corrected chi connectivity index (χ2v) is 6.19. The number of nitrogens with zero attached hydrogens (tertiary/aromatic N) is 2. The molecule has 0 aliphatic carbocycles. The Hall–Kier alpha value is -1.72. The van der Waals surface area contributed by atoms with Gasteiger partial charge >= 0.3 is 0 Å². The smallest absolute Gasteiger partial charge is 0.178 e. The van der Waals surface area contributed by atoms with Crippen molar-refractivity contribution in [2.24, 2.45) is 0 Å². The summed E-state index contributed by atoms with van der Waals surface area (Å²) in [5.74, 6) is 2.75. The highest BCUT2D eigenvalue weighted by atomic mass is 35.5. The number of nitrogens with one attached hydrogen (secondary N) is 1. The molecular formula is C17H20ClN3OS. The van der Waals surface area contributed by atoms with Crippen LogP contribution in [0.4, 0.5) is 0 Å². The van der Waals surface area contributed by atoms with E-state index in [9.17, 15) is 0 Å². The molecule has 0 saturated carbocycles. The lowest BCUT2D eigenvalue weighted by Gasteiger charge is -2.08. The molecule has 2 heterocycles. The summed E-state index contributed by atoms with van der Waals surface area (Å²) in [6, 6.07) is 10.1. The molecule has 0 aliphatic heterocycles. The Morgan fingerprint density at radius 3 is 2.87 bits per heavy atom. The Morgan fingerprint density at radius 1 is 1.26 bits per heavy atom. The van der Waals surface area contributed by atoms with Crippen LogP contribution in [0.1, 0.15) is 19.8 Å². The maximum Gasteiger partial charge on any atom is 0.178 e. The van der Waals surface area contributed by atoms with Crippen molar-refractivity contribution in [1.29, 1.82) is 0 Å². The number of ether oxygens (including phenoxy) is 1. The molecule has 0 saturated heterocycles. The highest BCUT2D eigenvalue weighted by molar-refractivity contribution is 7.99. The number of halogens is 1. The molecule has 0 atom stereocenters. The number of pyridine rings is 1. The van der Waals surface area contributed by atoms with Gasteiger partial charge in [-0.15, -0.1) is 24.2 Å². The van der Waals surface area contributed by atoms with E-state index in [2.05, 4.69) is 40.1 Å². The van der Waals surface area contributed by atoms with E-state index in [0.29, 0.717) is 0 Å². The van der Waals surface area contributed by atoms with E-state index in [4.69, 9.17) is 4.74 Å². The second-order valence-electron chi connectivity index (χ2n) is 5.02. The van der Waals surface area contributed by atoms with Crippen molar-refractivity contribution in [3.8, 4) is 17.1 Å². The molecule has 0 radical (unpaired) electrons. The molecule has 0 fully saturated rings. The molecule has 3 rings (SSSR count). The SMILES string of the molecule is CCCCSc1ccc(-c2nc3ncccc3[nH]2)c(OC)c1.Cl. The number of H-pyrrole nitrogens is 1. The maximum atomic E-state index is 5.55. The van der Waals surface area contributed by atoms with Crippen molar-refractivity contribution in [1.82, 2.24) is 15.0 Å². The first-order chi connectivity index (χ1) is 10.8. The standard InChI is InChI=1S/C17H19N3OS.ClH/c1-3-4-10-22-12-7-8-13(15(11-12)21-2)16-19-14-6-5-9-18-17(14)20-16;/h5-9,11H,3-4,10H2,1-2H3,(H,18,19,20);1H. The highest BCUT2D eigenvalue weighted by Crippen LogP contribution is 2.33. The topological polar surface area (TPSA) is 50.8 Å². The predicted octanol–water partition coefficient (Wildman–Crippen LogP) is 4.95. The average molecular weight is 350 g/mol. The summed E-state index contributed by atoms with van der Waals surface area (Å²) in [6.07, 6.45) is 4.19. The summed E-state index contributed by atoms with van der Waals surface area (Å²) in [4.78, 5) is 13.3. The van der Waals surface area contributed by atoms with E-state index in [-0.39, 0.29) is 12.4 Å². The minimum absolute atomic E-state index is 0. The molecule has 122 valence electrons. The van der Waals surface area contributed by atoms with E-state index in [1.54, 1.807) is 13.3 Å². The summed E-state index contributed by atoms with van der Waals surface area (Å²) in [6.45, 7) is 2.21. The number of thioether (sulfide) groups is 1. The Morgan fingerprint density at radius 2 is 2.13 bits per heavy atom. The molecule has 3 aromatic rings. The summed E-state index contributed by atoms with van der Waals surface area (Å²) >= 11 is 1.86. The fraction of sp³-hybridized carbons (Fsp3) is 0.294. The molecule has 1 N–H and O–H groups in total. The van der Waals surface area contributed by atoms with Crippen LogP contribution in [0.3, 0.4) is 0 Å². The van der Waals surface area contributed by atoms with Crippen molar-refractivity contribution in [2.45, 2.75) is 24.7 Å². The van der Waals surface area contributed by atoms with Gasteiger partial charge in [0.05, 0.1) is 18.2 Å². The Labute approximate surface area is 146 Å². The maximum absolute atomic E-state index is 5.55. The van der Waals surface area contributed by atoms with Crippen LogP contribution in [-0.4, -0.2) is 27.8 Å². The molecule has 23 heavy (non-hydrogen) atoms. The quantitative estimate of drug-likeness (QED) is 0.505. The van der Waals surface area contributed by atoms with Crippen molar-refractivity contribution in [3.05, 3.63) is 36.5 Å². The monoisotopic (exact) mass is 349 g/mol. The lowest BCUT2D eigenvalue weighted by Crippen LogP contribution is -1.90. The lowest BCUT2D eigenvalue weighted by atomic mass is 10.2. The molecule has 0 aliphatic rings. The van der Waals surface area contributed by atoms with Gasteiger partial charge in [-0.1, -0.05) is 13.3 Å². The number of aromatic amines is 1. The predicted molar refractivity (Wildman–Crippen MR) is 98.8 cm³/mol. The number of hydrogen-bond donors (Lipinski definition) is 1. The zero-order valence-electron chi connectivity index (χ0n) is 13.2. The van der Waals surface area contributed by atoms with E-state index in [0.717, 1.165) is 34.1 Å². The van der Waals surface area contributed by atoms with Gasteiger partial charge in [0, 0.05) is 11.1 Å². The second kappa shape index (κ2) is 8.22. The molecule has 2 aromatic heterocycles. The third-order valence-corrected chi connectivity index (χ3v) is 4.53. The van der Waals surface area contributed by atoms with Gasteiger partial charge in [0.15, 0.2) is 5.65 Å². The summed E-state index contributed by atoms with van der Waals surface area (Å²) in [5, 5.41) is 0. The van der Waals surface area contributed by atoms with Crippen LogP contribution in [-0.2, 0) is 0 Å². The molecule has 0 amide bonds. The number of imidazole rings is 1. The Balaban J connectivity index is 0.00000192. The fourth-order valence-corrected chi connectivity index (χ4v) is 3.29. The first-order valence-electron chi connectivity index (χ1n) is 7.43. The summed E-state index contributed by atoms with van der Waals surface area (Å²) < 4.78 is 5.55. The van der Waals surface area contributed by atoms with E-state index in [1.165, 1.54) is 17.7 Å². The summed E-state index contributed by atoms with van der Waals surface area (Å²) in [7, 11) is 1.69. The molecule has 6 heteroatoms. The van der Waals surface area contributed by atoms with Gasteiger partial charge in [0.1, 0.15) is 11.6 Å².